The fourth-order valence-corrected chi connectivity index (χ4v) is 1.96. The van der Waals surface area contributed by atoms with Gasteiger partial charge in [0, 0.05) is 17.8 Å². The summed E-state index contributed by atoms with van der Waals surface area (Å²) in [4.78, 5) is 12.2. The molecular weight excluding hydrogens is 276 g/mol. The summed E-state index contributed by atoms with van der Waals surface area (Å²) >= 11 is 0. The van der Waals surface area contributed by atoms with Gasteiger partial charge in [-0.2, -0.15) is 0 Å². The first-order chi connectivity index (χ1) is 10.7. The van der Waals surface area contributed by atoms with E-state index in [0.29, 0.717) is 18.7 Å². The molecule has 0 saturated carbocycles. The Hall–Kier alpha value is -2.33. The van der Waals surface area contributed by atoms with Crippen LogP contribution in [0, 0.1) is 0 Å². The summed E-state index contributed by atoms with van der Waals surface area (Å²) < 4.78 is 5.58. The maximum absolute atomic E-state index is 12.2. The highest BCUT2D eigenvalue weighted by atomic mass is 16.5. The molecule has 0 heterocycles. The number of rotatable bonds is 7. The van der Waals surface area contributed by atoms with Crippen molar-refractivity contribution in [1.82, 2.24) is 0 Å². The first-order valence-corrected chi connectivity index (χ1v) is 7.56. The lowest BCUT2D eigenvalue weighted by molar-refractivity contribution is 0.102. The van der Waals surface area contributed by atoms with Crippen LogP contribution in [0.2, 0.25) is 0 Å². The largest absolute Gasteiger partial charge is 0.494 e. The van der Waals surface area contributed by atoms with E-state index in [1.807, 2.05) is 36.4 Å². The Morgan fingerprint density at radius 2 is 1.77 bits per heavy atom. The summed E-state index contributed by atoms with van der Waals surface area (Å²) in [6, 6.07) is 14.7. The van der Waals surface area contributed by atoms with E-state index in [1.54, 1.807) is 12.1 Å². The molecule has 0 unspecified atom stereocenters. The van der Waals surface area contributed by atoms with Gasteiger partial charge in [0.2, 0.25) is 0 Å². The van der Waals surface area contributed by atoms with Gasteiger partial charge < -0.3 is 15.8 Å². The van der Waals surface area contributed by atoms with E-state index in [0.717, 1.165) is 29.8 Å². The van der Waals surface area contributed by atoms with Gasteiger partial charge in [-0.25, -0.2) is 0 Å². The molecule has 22 heavy (non-hydrogen) atoms. The topological polar surface area (TPSA) is 64.3 Å². The first kappa shape index (κ1) is 16.0. The Balaban J connectivity index is 1.94. The third kappa shape index (κ3) is 4.60. The van der Waals surface area contributed by atoms with Gasteiger partial charge in [0.15, 0.2) is 0 Å². The maximum atomic E-state index is 12.2. The monoisotopic (exact) mass is 298 g/mol. The molecule has 0 saturated heterocycles. The van der Waals surface area contributed by atoms with E-state index in [9.17, 15) is 4.79 Å². The molecule has 0 aliphatic carbocycles. The van der Waals surface area contributed by atoms with E-state index >= 15 is 0 Å². The number of benzene rings is 2. The van der Waals surface area contributed by atoms with Crippen LogP contribution in [0.25, 0.3) is 0 Å². The molecule has 0 aliphatic rings. The molecular formula is C18H22N2O2. The van der Waals surface area contributed by atoms with Gasteiger partial charge >= 0.3 is 0 Å². The summed E-state index contributed by atoms with van der Waals surface area (Å²) in [6.07, 6.45) is 2.13. The van der Waals surface area contributed by atoms with Crippen molar-refractivity contribution in [3.63, 3.8) is 0 Å². The van der Waals surface area contributed by atoms with Crippen LogP contribution in [0.4, 0.5) is 5.69 Å². The van der Waals surface area contributed by atoms with Crippen molar-refractivity contribution in [2.24, 2.45) is 5.73 Å². The summed E-state index contributed by atoms with van der Waals surface area (Å²) in [5.41, 5.74) is 7.94. The molecule has 0 radical (unpaired) electrons. The lowest BCUT2D eigenvalue weighted by Crippen LogP contribution is -2.11. The number of unbranched alkanes of at least 4 members (excludes halogenated alkanes) is 1. The molecule has 0 fully saturated rings. The number of hydrogen-bond acceptors (Lipinski definition) is 3. The molecule has 0 bridgehead atoms. The molecule has 4 heteroatoms. The van der Waals surface area contributed by atoms with Gasteiger partial charge in [-0.15, -0.1) is 0 Å². The number of carbonyl (C=O) groups excluding carboxylic acids is 1. The normalized spacial score (nSPS) is 10.3. The Labute approximate surface area is 131 Å². The highest BCUT2D eigenvalue weighted by Crippen LogP contribution is 2.15. The Morgan fingerprint density at radius 1 is 1.09 bits per heavy atom. The summed E-state index contributed by atoms with van der Waals surface area (Å²) in [7, 11) is 0. The van der Waals surface area contributed by atoms with Crippen molar-refractivity contribution in [3.8, 4) is 5.75 Å². The predicted octanol–water partition coefficient (Wildman–Crippen LogP) is 3.58. The zero-order chi connectivity index (χ0) is 15.8. The van der Waals surface area contributed by atoms with Gasteiger partial charge in [0.1, 0.15) is 5.75 Å². The second kappa shape index (κ2) is 8.20. The van der Waals surface area contributed by atoms with Crippen LogP contribution in [-0.4, -0.2) is 12.5 Å². The first-order valence-electron chi connectivity index (χ1n) is 7.56. The predicted molar refractivity (Wildman–Crippen MR) is 89.1 cm³/mol. The van der Waals surface area contributed by atoms with Gasteiger partial charge in [0.05, 0.1) is 6.61 Å². The number of anilines is 1. The quantitative estimate of drug-likeness (QED) is 0.768. The second-order valence-corrected chi connectivity index (χ2v) is 5.08. The van der Waals surface area contributed by atoms with E-state index in [2.05, 4.69) is 12.2 Å². The third-order valence-electron chi connectivity index (χ3n) is 3.33. The average Bonchev–Trinajstić information content (AvgIpc) is 2.56. The van der Waals surface area contributed by atoms with Crippen molar-refractivity contribution < 1.29 is 9.53 Å². The summed E-state index contributed by atoms with van der Waals surface area (Å²) in [5, 5.41) is 2.86. The van der Waals surface area contributed by atoms with Crippen LogP contribution in [0.3, 0.4) is 0 Å². The second-order valence-electron chi connectivity index (χ2n) is 5.08. The molecule has 116 valence electrons. The lowest BCUT2D eigenvalue weighted by atomic mass is 10.2. The van der Waals surface area contributed by atoms with E-state index in [-0.39, 0.29) is 5.91 Å². The fourth-order valence-electron chi connectivity index (χ4n) is 1.96. The van der Waals surface area contributed by atoms with Gasteiger partial charge in [-0.05, 0) is 48.4 Å². The number of carbonyl (C=O) groups is 1. The molecule has 2 rings (SSSR count). The molecule has 0 spiro atoms. The van der Waals surface area contributed by atoms with Gasteiger partial charge in [-0.3, -0.25) is 4.79 Å². The van der Waals surface area contributed by atoms with Crippen LogP contribution in [-0.2, 0) is 6.54 Å². The Morgan fingerprint density at radius 3 is 2.36 bits per heavy atom. The van der Waals surface area contributed by atoms with Crippen LogP contribution < -0.4 is 15.8 Å². The number of nitrogens with two attached hydrogens (primary N) is 1. The summed E-state index contributed by atoms with van der Waals surface area (Å²) in [6.45, 7) is 3.32. The minimum atomic E-state index is -0.138. The smallest absolute Gasteiger partial charge is 0.255 e. The Kier molecular flexibility index (Phi) is 5.98. The molecule has 1 amide bonds. The van der Waals surface area contributed by atoms with Gasteiger partial charge in [0.25, 0.3) is 5.91 Å². The molecule has 3 N–H and O–H groups in total. The lowest BCUT2D eigenvalue weighted by Gasteiger charge is -2.08. The SMILES string of the molecule is CCCCOc1ccc(C(=O)Nc2ccc(CN)cc2)cc1. The zero-order valence-corrected chi connectivity index (χ0v) is 12.8. The number of amides is 1. The highest BCUT2D eigenvalue weighted by molar-refractivity contribution is 6.04. The number of hydrogen-bond donors (Lipinski definition) is 2. The minimum absolute atomic E-state index is 0.138. The molecule has 0 aliphatic heterocycles. The Bertz CT molecular complexity index is 591. The van der Waals surface area contributed by atoms with Crippen LogP contribution in [0.15, 0.2) is 48.5 Å². The van der Waals surface area contributed by atoms with E-state index < -0.39 is 0 Å². The van der Waals surface area contributed by atoms with Crippen molar-refractivity contribution in [2.75, 3.05) is 11.9 Å². The average molecular weight is 298 g/mol. The molecule has 2 aromatic carbocycles. The minimum Gasteiger partial charge on any atom is -0.494 e. The molecule has 2 aromatic rings. The zero-order valence-electron chi connectivity index (χ0n) is 12.8. The van der Waals surface area contributed by atoms with Crippen molar-refractivity contribution in [3.05, 3.63) is 59.7 Å². The number of ether oxygens (including phenoxy) is 1. The molecule has 0 aromatic heterocycles. The van der Waals surface area contributed by atoms with Crippen molar-refractivity contribution >= 4 is 11.6 Å². The van der Waals surface area contributed by atoms with E-state index in [1.165, 1.54) is 0 Å². The van der Waals surface area contributed by atoms with Crippen LogP contribution in [0.5, 0.6) is 5.75 Å². The van der Waals surface area contributed by atoms with Crippen LogP contribution in [0.1, 0.15) is 35.7 Å². The van der Waals surface area contributed by atoms with Crippen molar-refractivity contribution in [2.45, 2.75) is 26.3 Å². The van der Waals surface area contributed by atoms with Crippen molar-refractivity contribution in [1.29, 1.82) is 0 Å². The number of nitrogens with one attached hydrogen (secondary N) is 1. The summed E-state index contributed by atoms with van der Waals surface area (Å²) in [5.74, 6) is 0.651. The third-order valence-corrected chi connectivity index (χ3v) is 3.33. The van der Waals surface area contributed by atoms with Gasteiger partial charge in [-0.1, -0.05) is 25.5 Å². The highest BCUT2D eigenvalue weighted by Gasteiger charge is 2.06. The van der Waals surface area contributed by atoms with E-state index in [4.69, 9.17) is 10.5 Å². The fraction of sp³-hybridized carbons (Fsp3) is 0.278. The standard InChI is InChI=1S/C18H22N2O2/c1-2-3-12-22-17-10-6-15(7-11-17)18(21)20-16-8-4-14(13-19)5-9-16/h4-11H,2-3,12-13,19H2,1H3,(H,20,21). The molecule has 0 atom stereocenters. The molecule has 4 nitrogen and oxygen atoms in total. The van der Waals surface area contributed by atoms with Crippen LogP contribution >= 0.6 is 0 Å². The maximum Gasteiger partial charge on any atom is 0.255 e.